The summed E-state index contributed by atoms with van der Waals surface area (Å²) >= 11 is 0. The summed E-state index contributed by atoms with van der Waals surface area (Å²) in [4.78, 5) is 25.2. The Hall–Kier alpha value is -3.44. The predicted octanol–water partition coefficient (Wildman–Crippen LogP) is 3.78. The van der Waals surface area contributed by atoms with Crippen LogP contribution in [0.4, 0.5) is 0 Å². The van der Waals surface area contributed by atoms with Crippen LogP contribution < -0.4 is 5.32 Å². The van der Waals surface area contributed by atoms with Crippen LogP contribution in [0.25, 0.3) is 0 Å². The summed E-state index contributed by atoms with van der Waals surface area (Å²) in [7, 11) is 1.43. The van der Waals surface area contributed by atoms with Gasteiger partial charge in [0, 0.05) is 13.0 Å². The number of carboxylic acid groups (broad SMARTS) is 1. The van der Waals surface area contributed by atoms with E-state index in [9.17, 15) is 14.7 Å². The summed E-state index contributed by atoms with van der Waals surface area (Å²) in [6.45, 7) is 0. The van der Waals surface area contributed by atoms with Gasteiger partial charge in [-0.25, -0.2) is 4.79 Å². The molecule has 0 heterocycles. The highest BCUT2D eigenvalue weighted by atomic mass is 16.5. The van der Waals surface area contributed by atoms with Crippen molar-refractivity contribution in [1.82, 2.24) is 5.32 Å². The molecule has 148 valence electrons. The molecule has 2 N–H and O–H groups in total. The third kappa shape index (κ3) is 4.89. The van der Waals surface area contributed by atoms with E-state index in [-0.39, 0.29) is 0 Å². The molecule has 0 aromatic heterocycles. The molecule has 2 atom stereocenters. The SMILES string of the molecule is CO[C@@H](C(=O)N[C@@H](C(=O)O)C(c1ccccc1)c1ccccc1)c1ccccc1. The first-order valence-electron chi connectivity index (χ1n) is 9.32. The van der Waals surface area contributed by atoms with Crippen LogP contribution in [0.3, 0.4) is 0 Å². The minimum Gasteiger partial charge on any atom is -0.480 e. The Balaban J connectivity index is 1.95. The lowest BCUT2D eigenvalue weighted by molar-refractivity contribution is -0.144. The second-order valence-electron chi connectivity index (χ2n) is 6.65. The topological polar surface area (TPSA) is 75.6 Å². The average molecular weight is 389 g/mol. The number of benzene rings is 3. The average Bonchev–Trinajstić information content (AvgIpc) is 2.76. The highest BCUT2D eigenvalue weighted by Crippen LogP contribution is 2.29. The van der Waals surface area contributed by atoms with Gasteiger partial charge >= 0.3 is 5.97 Å². The van der Waals surface area contributed by atoms with E-state index in [0.29, 0.717) is 5.56 Å². The molecule has 0 aliphatic rings. The van der Waals surface area contributed by atoms with Crippen LogP contribution in [-0.2, 0) is 14.3 Å². The largest absolute Gasteiger partial charge is 0.480 e. The molecule has 0 saturated carbocycles. The van der Waals surface area contributed by atoms with Crippen LogP contribution in [0.1, 0.15) is 28.7 Å². The highest BCUT2D eigenvalue weighted by molar-refractivity contribution is 5.88. The van der Waals surface area contributed by atoms with E-state index >= 15 is 0 Å². The first-order valence-corrected chi connectivity index (χ1v) is 9.32. The number of rotatable bonds is 8. The highest BCUT2D eigenvalue weighted by Gasteiger charge is 2.34. The van der Waals surface area contributed by atoms with E-state index in [4.69, 9.17) is 4.74 Å². The molecule has 0 unspecified atom stereocenters. The molecule has 3 rings (SSSR count). The number of carboxylic acids is 1. The van der Waals surface area contributed by atoms with Gasteiger partial charge in [0.1, 0.15) is 6.04 Å². The molecule has 0 fully saturated rings. The molecule has 5 nitrogen and oxygen atoms in total. The van der Waals surface area contributed by atoms with Crippen molar-refractivity contribution < 1.29 is 19.4 Å². The van der Waals surface area contributed by atoms with Crippen molar-refractivity contribution in [2.75, 3.05) is 7.11 Å². The summed E-state index contributed by atoms with van der Waals surface area (Å²) in [5.74, 6) is -2.16. The standard InChI is InChI=1S/C24H23NO4/c1-29-22(19-15-9-4-10-16-19)23(26)25-21(24(27)28)20(17-11-5-2-6-12-17)18-13-7-3-8-14-18/h2-16,20-22H,1H3,(H,25,26)(H,27,28)/t21-,22-/m1/s1. The van der Waals surface area contributed by atoms with Crippen LogP contribution in [0, 0.1) is 0 Å². The summed E-state index contributed by atoms with van der Waals surface area (Å²) in [5.41, 5.74) is 2.27. The fourth-order valence-electron chi connectivity index (χ4n) is 3.44. The number of nitrogens with one attached hydrogen (secondary N) is 1. The maximum Gasteiger partial charge on any atom is 0.327 e. The molecular formula is C24H23NO4. The van der Waals surface area contributed by atoms with Gasteiger partial charge in [-0.15, -0.1) is 0 Å². The second-order valence-corrected chi connectivity index (χ2v) is 6.65. The lowest BCUT2D eigenvalue weighted by atomic mass is 9.84. The van der Waals surface area contributed by atoms with Crippen LogP contribution in [0.2, 0.25) is 0 Å². The van der Waals surface area contributed by atoms with E-state index in [1.165, 1.54) is 7.11 Å². The Morgan fingerprint density at radius 1 is 0.759 bits per heavy atom. The molecule has 0 spiro atoms. The maximum atomic E-state index is 13.0. The lowest BCUT2D eigenvalue weighted by Crippen LogP contribution is -2.47. The number of amides is 1. The zero-order valence-electron chi connectivity index (χ0n) is 16.1. The molecular weight excluding hydrogens is 366 g/mol. The fraction of sp³-hybridized carbons (Fsp3) is 0.167. The van der Waals surface area contributed by atoms with Crippen molar-refractivity contribution in [3.8, 4) is 0 Å². The van der Waals surface area contributed by atoms with Gasteiger partial charge in [-0.3, -0.25) is 4.79 Å². The van der Waals surface area contributed by atoms with Crippen LogP contribution >= 0.6 is 0 Å². The van der Waals surface area contributed by atoms with Crippen LogP contribution in [-0.4, -0.2) is 30.1 Å². The minimum atomic E-state index is -1.16. The number of methoxy groups -OCH3 is 1. The zero-order valence-corrected chi connectivity index (χ0v) is 16.1. The summed E-state index contributed by atoms with van der Waals surface area (Å²) in [5, 5.41) is 12.7. The van der Waals surface area contributed by atoms with Crippen molar-refractivity contribution in [3.05, 3.63) is 108 Å². The molecule has 29 heavy (non-hydrogen) atoms. The molecule has 0 aliphatic carbocycles. The van der Waals surface area contributed by atoms with E-state index < -0.39 is 29.9 Å². The lowest BCUT2D eigenvalue weighted by Gasteiger charge is -2.27. The first kappa shape index (κ1) is 20.3. The Morgan fingerprint density at radius 2 is 1.17 bits per heavy atom. The van der Waals surface area contributed by atoms with Crippen molar-refractivity contribution in [2.24, 2.45) is 0 Å². The number of aliphatic carboxylic acids is 1. The molecule has 0 bridgehead atoms. The van der Waals surface area contributed by atoms with E-state index in [0.717, 1.165) is 11.1 Å². The normalized spacial score (nSPS) is 12.9. The Bertz CT molecular complexity index is 889. The molecule has 5 heteroatoms. The third-order valence-electron chi connectivity index (χ3n) is 4.79. The van der Waals surface area contributed by atoms with Crippen LogP contribution in [0.15, 0.2) is 91.0 Å². The smallest absolute Gasteiger partial charge is 0.327 e. The predicted molar refractivity (Wildman–Crippen MR) is 110 cm³/mol. The molecule has 0 radical (unpaired) electrons. The molecule has 3 aromatic carbocycles. The number of hydrogen-bond donors (Lipinski definition) is 2. The van der Waals surface area contributed by atoms with Crippen molar-refractivity contribution in [2.45, 2.75) is 18.1 Å². The second kappa shape index (κ2) is 9.66. The van der Waals surface area contributed by atoms with Gasteiger partial charge in [0.2, 0.25) is 0 Å². The Kier molecular flexibility index (Phi) is 6.76. The first-order chi connectivity index (χ1) is 14.1. The zero-order chi connectivity index (χ0) is 20.6. The molecule has 0 aliphatic heterocycles. The Morgan fingerprint density at radius 3 is 1.55 bits per heavy atom. The minimum absolute atomic E-state index is 0.497. The number of carbonyl (C=O) groups excluding carboxylic acids is 1. The number of carbonyl (C=O) groups is 2. The fourth-order valence-corrected chi connectivity index (χ4v) is 3.44. The van der Waals surface area contributed by atoms with Crippen molar-refractivity contribution in [1.29, 1.82) is 0 Å². The van der Waals surface area contributed by atoms with Crippen molar-refractivity contribution >= 4 is 11.9 Å². The van der Waals surface area contributed by atoms with E-state index in [1.807, 2.05) is 66.7 Å². The van der Waals surface area contributed by atoms with E-state index in [1.54, 1.807) is 24.3 Å². The van der Waals surface area contributed by atoms with Gasteiger partial charge in [0.05, 0.1) is 0 Å². The maximum absolute atomic E-state index is 13.0. The summed E-state index contributed by atoms with van der Waals surface area (Å²) < 4.78 is 5.36. The Labute approximate surface area is 170 Å². The van der Waals surface area contributed by atoms with Gasteiger partial charge in [-0.1, -0.05) is 91.0 Å². The third-order valence-corrected chi connectivity index (χ3v) is 4.79. The van der Waals surface area contributed by atoms with Crippen LogP contribution in [0.5, 0.6) is 0 Å². The number of hydrogen-bond acceptors (Lipinski definition) is 3. The molecule has 0 saturated heterocycles. The molecule has 1 amide bonds. The van der Waals surface area contributed by atoms with E-state index in [2.05, 4.69) is 5.32 Å². The van der Waals surface area contributed by atoms with Crippen molar-refractivity contribution in [3.63, 3.8) is 0 Å². The van der Waals surface area contributed by atoms with Gasteiger partial charge in [0.15, 0.2) is 6.10 Å². The van der Waals surface area contributed by atoms with Gasteiger partial charge in [-0.05, 0) is 16.7 Å². The number of ether oxygens (including phenoxy) is 1. The van der Waals surface area contributed by atoms with Gasteiger partial charge < -0.3 is 15.2 Å². The quantitative estimate of drug-likeness (QED) is 0.615. The van der Waals surface area contributed by atoms with Gasteiger partial charge in [0.25, 0.3) is 5.91 Å². The summed E-state index contributed by atoms with van der Waals surface area (Å²) in [6, 6.07) is 26.5. The van der Waals surface area contributed by atoms with Gasteiger partial charge in [-0.2, -0.15) is 0 Å². The summed E-state index contributed by atoms with van der Waals surface area (Å²) in [6.07, 6.45) is -0.898. The monoisotopic (exact) mass is 389 g/mol. The molecule has 3 aromatic rings.